The van der Waals surface area contributed by atoms with E-state index in [-0.39, 0.29) is 6.04 Å². The van der Waals surface area contributed by atoms with Crippen LogP contribution >= 0.6 is 0 Å². The van der Waals surface area contributed by atoms with Crippen LogP contribution in [0.15, 0.2) is 24.3 Å². The lowest BCUT2D eigenvalue weighted by Gasteiger charge is -2.13. The summed E-state index contributed by atoms with van der Waals surface area (Å²) < 4.78 is 5.75. The first-order valence-corrected chi connectivity index (χ1v) is 6.65. The number of benzene rings is 1. The Morgan fingerprint density at radius 2 is 1.82 bits per heavy atom. The van der Waals surface area contributed by atoms with Gasteiger partial charge >= 0.3 is 0 Å². The minimum Gasteiger partial charge on any atom is -0.493 e. The first kappa shape index (κ1) is 14.0. The predicted molar refractivity (Wildman–Crippen MR) is 73.2 cm³/mol. The molecule has 0 heterocycles. The molecule has 2 nitrogen and oxygen atoms in total. The summed E-state index contributed by atoms with van der Waals surface area (Å²) in [6.07, 6.45) is 3.40. The fourth-order valence-electron chi connectivity index (χ4n) is 1.86. The average molecular weight is 235 g/mol. The van der Waals surface area contributed by atoms with Gasteiger partial charge in [0.2, 0.25) is 0 Å². The molecule has 0 fully saturated rings. The Kier molecular flexibility index (Phi) is 6.06. The van der Waals surface area contributed by atoms with Crippen molar-refractivity contribution in [3.63, 3.8) is 0 Å². The van der Waals surface area contributed by atoms with Crippen LogP contribution in [-0.2, 0) is 0 Å². The Bertz CT molecular complexity index is 307. The van der Waals surface area contributed by atoms with Gasteiger partial charge in [0.05, 0.1) is 6.61 Å². The van der Waals surface area contributed by atoms with Gasteiger partial charge in [-0.3, -0.25) is 0 Å². The topological polar surface area (TPSA) is 35.2 Å². The molecule has 96 valence electrons. The number of hydrogen-bond donors (Lipinski definition) is 1. The normalized spacial score (nSPS) is 14.4. The Hall–Kier alpha value is -1.02. The van der Waals surface area contributed by atoms with Gasteiger partial charge in [0.1, 0.15) is 5.75 Å². The molecule has 1 unspecified atom stereocenters. The van der Waals surface area contributed by atoms with Gasteiger partial charge < -0.3 is 10.5 Å². The minimum atomic E-state index is 0.142. The fourth-order valence-corrected chi connectivity index (χ4v) is 1.86. The average Bonchev–Trinajstić information content (AvgIpc) is 2.36. The van der Waals surface area contributed by atoms with Crippen LogP contribution in [0.3, 0.4) is 0 Å². The van der Waals surface area contributed by atoms with Crippen molar-refractivity contribution in [3.05, 3.63) is 29.8 Å². The van der Waals surface area contributed by atoms with E-state index in [4.69, 9.17) is 10.5 Å². The highest BCUT2D eigenvalue weighted by atomic mass is 16.5. The highest BCUT2D eigenvalue weighted by Gasteiger charge is 2.04. The molecule has 0 aliphatic heterocycles. The molecule has 0 saturated carbocycles. The molecule has 1 rings (SSSR count). The summed E-state index contributed by atoms with van der Waals surface area (Å²) in [5, 5.41) is 0. The van der Waals surface area contributed by atoms with E-state index < -0.39 is 0 Å². The number of hydrogen-bond acceptors (Lipinski definition) is 2. The number of nitrogens with two attached hydrogens (primary N) is 1. The number of ether oxygens (including phenoxy) is 1. The summed E-state index contributed by atoms with van der Waals surface area (Å²) in [6.45, 7) is 7.33. The smallest absolute Gasteiger partial charge is 0.119 e. The zero-order valence-corrected chi connectivity index (χ0v) is 11.3. The zero-order chi connectivity index (χ0) is 12.7. The lowest BCUT2D eigenvalue weighted by molar-refractivity contribution is 0.251. The molecule has 0 amide bonds. The van der Waals surface area contributed by atoms with Gasteiger partial charge in [0.25, 0.3) is 0 Å². The molecule has 0 aromatic heterocycles. The second-order valence-electron chi connectivity index (χ2n) is 4.79. The van der Waals surface area contributed by atoms with Crippen LogP contribution in [0, 0.1) is 5.92 Å². The summed E-state index contributed by atoms with van der Waals surface area (Å²) in [5.41, 5.74) is 7.15. The third kappa shape index (κ3) is 4.78. The van der Waals surface area contributed by atoms with Crippen molar-refractivity contribution in [1.29, 1.82) is 0 Å². The molecule has 2 atom stereocenters. The van der Waals surface area contributed by atoms with E-state index in [1.807, 2.05) is 12.1 Å². The second-order valence-corrected chi connectivity index (χ2v) is 4.79. The third-order valence-electron chi connectivity index (χ3n) is 3.06. The van der Waals surface area contributed by atoms with Crippen molar-refractivity contribution in [3.8, 4) is 5.75 Å². The van der Waals surface area contributed by atoms with E-state index in [0.717, 1.165) is 18.8 Å². The van der Waals surface area contributed by atoms with Crippen molar-refractivity contribution in [2.24, 2.45) is 11.7 Å². The molecule has 0 aliphatic carbocycles. The summed E-state index contributed by atoms with van der Waals surface area (Å²) in [5.74, 6) is 1.57. The Balaban J connectivity index is 2.45. The molecule has 0 radical (unpaired) electrons. The first-order valence-electron chi connectivity index (χ1n) is 6.65. The van der Waals surface area contributed by atoms with Crippen LogP contribution in [0.25, 0.3) is 0 Å². The van der Waals surface area contributed by atoms with E-state index in [1.165, 1.54) is 18.4 Å². The maximum Gasteiger partial charge on any atom is 0.119 e. The molecule has 0 bridgehead atoms. The third-order valence-corrected chi connectivity index (χ3v) is 3.06. The van der Waals surface area contributed by atoms with Crippen LogP contribution < -0.4 is 10.5 Å². The lowest BCUT2D eigenvalue weighted by atomic mass is 10.1. The lowest BCUT2D eigenvalue weighted by Crippen LogP contribution is -2.09. The fraction of sp³-hybridized carbons (Fsp3) is 0.600. The molecule has 0 spiro atoms. The van der Waals surface area contributed by atoms with Crippen molar-refractivity contribution < 1.29 is 4.74 Å². The monoisotopic (exact) mass is 235 g/mol. The number of rotatable bonds is 7. The van der Waals surface area contributed by atoms with Gasteiger partial charge in [0, 0.05) is 6.04 Å². The highest BCUT2D eigenvalue weighted by molar-refractivity contribution is 5.28. The molecular weight excluding hydrogens is 210 g/mol. The van der Waals surface area contributed by atoms with E-state index in [1.54, 1.807) is 0 Å². The SMILES string of the molecule is CCCC(C)COc1ccc([C@@H](N)CC)cc1. The second kappa shape index (κ2) is 7.33. The summed E-state index contributed by atoms with van der Waals surface area (Å²) in [7, 11) is 0. The molecule has 2 heteroatoms. The standard InChI is InChI=1S/C15H25NO/c1-4-6-12(3)11-17-14-9-7-13(8-10-14)15(16)5-2/h7-10,12,15H,4-6,11,16H2,1-3H3/t12?,15-/m0/s1. The minimum absolute atomic E-state index is 0.142. The van der Waals surface area contributed by atoms with Crippen LogP contribution in [0.5, 0.6) is 5.75 Å². The van der Waals surface area contributed by atoms with Gasteiger partial charge in [-0.15, -0.1) is 0 Å². The molecule has 0 saturated heterocycles. The van der Waals surface area contributed by atoms with Gasteiger partial charge in [0.15, 0.2) is 0 Å². The molecule has 17 heavy (non-hydrogen) atoms. The summed E-state index contributed by atoms with van der Waals surface area (Å²) in [6, 6.07) is 8.30. The Labute approximate surface area is 105 Å². The molecular formula is C15H25NO. The molecule has 2 N–H and O–H groups in total. The van der Waals surface area contributed by atoms with Gasteiger partial charge in [-0.05, 0) is 36.5 Å². The van der Waals surface area contributed by atoms with Crippen LogP contribution in [-0.4, -0.2) is 6.61 Å². The summed E-state index contributed by atoms with van der Waals surface area (Å²) in [4.78, 5) is 0. The maximum atomic E-state index is 5.97. The van der Waals surface area contributed by atoms with Crippen molar-refractivity contribution in [1.82, 2.24) is 0 Å². The molecule has 0 aliphatic rings. The van der Waals surface area contributed by atoms with Crippen molar-refractivity contribution in [2.45, 2.75) is 46.1 Å². The molecule has 1 aromatic carbocycles. The predicted octanol–water partition coefficient (Wildman–Crippen LogP) is 3.91. The van der Waals surface area contributed by atoms with Crippen LogP contribution in [0.2, 0.25) is 0 Å². The molecule has 1 aromatic rings. The highest BCUT2D eigenvalue weighted by Crippen LogP contribution is 2.19. The quantitative estimate of drug-likeness (QED) is 0.777. The first-order chi connectivity index (χ1) is 8.17. The van der Waals surface area contributed by atoms with Crippen molar-refractivity contribution in [2.75, 3.05) is 6.61 Å². The zero-order valence-electron chi connectivity index (χ0n) is 11.3. The van der Waals surface area contributed by atoms with Crippen LogP contribution in [0.4, 0.5) is 0 Å². The Morgan fingerprint density at radius 3 is 2.35 bits per heavy atom. The largest absolute Gasteiger partial charge is 0.493 e. The summed E-state index contributed by atoms with van der Waals surface area (Å²) >= 11 is 0. The Morgan fingerprint density at radius 1 is 1.18 bits per heavy atom. The van der Waals surface area contributed by atoms with Gasteiger partial charge in [-0.25, -0.2) is 0 Å². The maximum absolute atomic E-state index is 5.97. The van der Waals surface area contributed by atoms with E-state index in [9.17, 15) is 0 Å². The van der Waals surface area contributed by atoms with E-state index >= 15 is 0 Å². The van der Waals surface area contributed by atoms with E-state index in [2.05, 4.69) is 32.9 Å². The van der Waals surface area contributed by atoms with Gasteiger partial charge in [-0.1, -0.05) is 39.3 Å². The van der Waals surface area contributed by atoms with Gasteiger partial charge in [-0.2, -0.15) is 0 Å². The van der Waals surface area contributed by atoms with E-state index in [0.29, 0.717) is 5.92 Å². The van der Waals surface area contributed by atoms with Crippen molar-refractivity contribution >= 4 is 0 Å². The van der Waals surface area contributed by atoms with Crippen LogP contribution in [0.1, 0.15) is 51.6 Å².